The highest BCUT2D eigenvalue weighted by atomic mass is 32.2. The largest absolute Gasteiger partial charge is 0.477 e. The van der Waals surface area contributed by atoms with Crippen molar-refractivity contribution in [2.75, 3.05) is 25.4 Å². The molecule has 0 bridgehead atoms. The van der Waals surface area contributed by atoms with E-state index in [1.54, 1.807) is 17.2 Å². The summed E-state index contributed by atoms with van der Waals surface area (Å²) in [6.45, 7) is 0.995. The normalized spacial score (nSPS) is 27.0. The molecule has 6 nitrogen and oxygen atoms in total. The van der Waals surface area contributed by atoms with E-state index in [0.29, 0.717) is 44.3 Å². The lowest BCUT2D eigenvalue weighted by Crippen LogP contribution is -2.69. The Morgan fingerprint density at radius 1 is 1.29 bits per heavy atom. The predicted octanol–water partition coefficient (Wildman–Crippen LogP) is 1.28. The van der Waals surface area contributed by atoms with Crippen molar-refractivity contribution in [1.82, 2.24) is 9.88 Å². The second-order valence-electron chi connectivity index (χ2n) is 7.25. The molecule has 1 saturated carbocycles. The Morgan fingerprint density at radius 3 is 2.75 bits per heavy atom. The first kappa shape index (κ1) is 15.9. The molecular formula is C17H22N2O4S. The zero-order chi connectivity index (χ0) is 16.8. The molecule has 1 aromatic rings. The molecule has 0 unspecified atom stereocenters. The van der Waals surface area contributed by atoms with Gasteiger partial charge >= 0.3 is 0 Å². The van der Waals surface area contributed by atoms with E-state index in [9.17, 15) is 13.2 Å². The van der Waals surface area contributed by atoms with Gasteiger partial charge in [-0.05, 0) is 31.2 Å². The quantitative estimate of drug-likeness (QED) is 0.799. The summed E-state index contributed by atoms with van der Waals surface area (Å²) in [5.41, 5.74) is 0. The molecule has 1 spiro atoms. The lowest BCUT2D eigenvalue weighted by molar-refractivity contribution is -0.138. The number of hydrogen-bond donors (Lipinski definition) is 0. The third-order valence-corrected chi connectivity index (χ3v) is 8.20. The second kappa shape index (κ2) is 5.72. The Balaban J connectivity index is 1.42. The van der Waals surface area contributed by atoms with Crippen LogP contribution in [0, 0.1) is 11.8 Å². The molecule has 1 atom stereocenters. The third-order valence-electron chi connectivity index (χ3n) is 5.60. The number of rotatable bonds is 5. The van der Waals surface area contributed by atoms with Crippen LogP contribution in [-0.2, 0) is 14.6 Å². The van der Waals surface area contributed by atoms with Crippen molar-refractivity contribution in [2.24, 2.45) is 11.8 Å². The molecule has 1 amide bonds. The number of aromatic nitrogens is 1. The first-order valence-corrected chi connectivity index (χ1v) is 10.2. The molecule has 4 rings (SSSR count). The van der Waals surface area contributed by atoms with E-state index in [2.05, 4.69) is 4.98 Å². The van der Waals surface area contributed by atoms with E-state index < -0.39 is 14.6 Å². The zero-order valence-electron chi connectivity index (χ0n) is 13.6. The molecule has 3 heterocycles. The average molecular weight is 350 g/mol. The number of carbonyl (C=O) groups excluding carboxylic acids is 1. The molecule has 3 aliphatic rings. The van der Waals surface area contributed by atoms with Gasteiger partial charge in [-0.15, -0.1) is 0 Å². The van der Waals surface area contributed by atoms with E-state index in [0.717, 1.165) is 12.8 Å². The van der Waals surface area contributed by atoms with Crippen molar-refractivity contribution in [3.8, 4) is 5.88 Å². The van der Waals surface area contributed by atoms with Crippen molar-refractivity contribution in [1.29, 1.82) is 0 Å². The van der Waals surface area contributed by atoms with E-state index in [4.69, 9.17) is 4.74 Å². The molecule has 0 aromatic carbocycles. The lowest BCUT2D eigenvalue weighted by atomic mass is 9.83. The van der Waals surface area contributed by atoms with Crippen LogP contribution in [0.25, 0.3) is 0 Å². The maximum absolute atomic E-state index is 12.6. The van der Waals surface area contributed by atoms with Crippen molar-refractivity contribution < 1.29 is 17.9 Å². The highest BCUT2D eigenvalue weighted by Crippen LogP contribution is 2.45. The lowest BCUT2D eigenvalue weighted by Gasteiger charge is -2.49. The molecule has 1 aromatic heterocycles. The SMILES string of the molecule is O=C(CC1CC1)N1CC2(C1)[C@H](COc1ccccn1)CCS2(=O)=O. The summed E-state index contributed by atoms with van der Waals surface area (Å²) >= 11 is 0. The van der Waals surface area contributed by atoms with Crippen LogP contribution in [0.3, 0.4) is 0 Å². The Labute approximate surface area is 142 Å². The van der Waals surface area contributed by atoms with Gasteiger partial charge in [-0.1, -0.05) is 6.07 Å². The van der Waals surface area contributed by atoms with Crippen LogP contribution in [0.4, 0.5) is 0 Å². The molecule has 3 fully saturated rings. The summed E-state index contributed by atoms with van der Waals surface area (Å²) in [6.07, 6.45) is 5.08. The predicted molar refractivity (Wildman–Crippen MR) is 88.3 cm³/mol. The van der Waals surface area contributed by atoms with E-state index in [-0.39, 0.29) is 17.6 Å². The molecule has 2 saturated heterocycles. The first-order valence-electron chi connectivity index (χ1n) is 8.54. The number of sulfone groups is 1. The number of nitrogens with zero attached hydrogens (tertiary/aromatic N) is 2. The molecule has 0 radical (unpaired) electrons. The number of amides is 1. The minimum Gasteiger partial charge on any atom is -0.477 e. The number of pyridine rings is 1. The van der Waals surface area contributed by atoms with E-state index in [1.807, 2.05) is 12.1 Å². The van der Waals surface area contributed by atoms with Crippen LogP contribution in [0.1, 0.15) is 25.7 Å². The van der Waals surface area contributed by atoms with Gasteiger partial charge in [0.25, 0.3) is 0 Å². The zero-order valence-corrected chi connectivity index (χ0v) is 14.4. The van der Waals surface area contributed by atoms with Crippen molar-refractivity contribution in [3.63, 3.8) is 0 Å². The van der Waals surface area contributed by atoms with Gasteiger partial charge in [-0.2, -0.15) is 0 Å². The van der Waals surface area contributed by atoms with Crippen LogP contribution in [-0.4, -0.2) is 54.4 Å². The maximum atomic E-state index is 12.6. The van der Waals surface area contributed by atoms with Crippen LogP contribution < -0.4 is 4.74 Å². The Bertz CT molecular complexity index is 724. The minimum absolute atomic E-state index is 0.0746. The number of ether oxygens (including phenoxy) is 1. The fourth-order valence-corrected chi connectivity index (χ4v) is 6.20. The van der Waals surface area contributed by atoms with Gasteiger partial charge in [0.15, 0.2) is 9.84 Å². The Hall–Kier alpha value is -1.63. The maximum Gasteiger partial charge on any atom is 0.222 e. The number of hydrogen-bond acceptors (Lipinski definition) is 5. The summed E-state index contributed by atoms with van der Waals surface area (Å²) in [6, 6.07) is 5.41. The number of likely N-dealkylation sites (tertiary alicyclic amines) is 1. The summed E-state index contributed by atoms with van der Waals surface area (Å²) in [5.74, 6) is 1.26. The van der Waals surface area contributed by atoms with Crippen LogP contribution in [0.2, 0.25) is 0 Å². The van der Waals surface area contributed by atoms with Gasteiger partial charge in [0, 0.05) is 37.7 Å². The van der Waals surface area contributed by atoms with Crippen molar-refractivity contribution in [2.45, 2.75) is 30.4 Å². The monoisotopic (exact) mass is 350 g/mol. The first-order chi connectivity index (χ1) is 11.5. The topological polar surface area (TPSA) is 76.6 Å². The Morgan fingerprint density at radius 2 is 2.08 bits per heavy atom. The van der Waals surface area contributed by atoms with Crippen LogP contribution in [0.15, 0.2) is 24.4 Å². The number of carbonyl (C=O) groups is 1. The fraction of sp³-hybridized carbons (Fsp3) is 0.647. The van der Waals surface area contributed by atoms with Gasteiger partial charge in [0.1, 0.15) is 4.75 Å². The Kier molecular flexibility index (Phi) is 3.78. The molecule has 130 valence electrons. The van der Waals surface area contributed by atoms with Crippen molar-refractivity contribution >= 4 is 15.7 Å². The summed E-state index contributed by atoms with van der Waals surface area (Å²) in [4.78, 5) is 18.0. The van der Waals surface area contributed by atoms with E-state index in [1.165, 1.54) is 0 Å². The standard InChI is InChI=1S/C17H22N2O4S/c20-16(9-13-4-5-13)19-11-17(12-19)14(6-8-24(17,21)22)10-23-15-3-1-2-7-18-15/h1-3,7,13-14H,4-6,8-12H2/t14-/m0/s1. The molecule has 2 aliphatic heterocycles. The van der Waals surface area contributed by atoms with E-state index >= 15 is 0 Å². The summed E-state index contributed by atoms with van der Waals surface area (Å²) in [7, 11) is -3.18. The van der Waals surface area contributed by atoms with Crippen LogP contribution >= 0.6 is 0 Å². The molecule has 7 heteroatoms. The minimum atomic E-state index is -3.18. The van der Waals surface area contributed by atoms with Crippen LogP contribution in [0.5, 0.6) is 5.88 Å². The van der Waals surface area contributed by atoms with Gasteiger partial charge in [0.05, 0.1) is 12.4 Å². The van der Waals surface area contributed by atoms with Crippen molar-refractivity contribution in [3.05, 3.63) is 24.4 Å². The average Bonchev–Trinajstić information content (AvgIpc) is 3.28. The van der Waals surface area contributed by atoms with Gasteiger partial charge in [-0.25, -0.2) is 13.4 Å². The fourth-order valence-electron chi connectivity index (χ4n) is 3.80. The van der Waals surface area contributed by atoms with Gasteiger partial charge < -0.3 is 9.64 Å². The van der Waals surface area contributed by atoms with Gasteiger partial charge in [-0.3, -0.25) is 4.79 Å². The molecule has 1 aliphatic carbocycles. The van der Waals surface area contributed by atoms with Gasteiger partial charge in [0.2, 0.25) is 11.8 Å². The summed E-state index contributed by atoms with van der Waals surface area (Å²) < 4.78 is 30.1. The molecule has 0 N–H and O–H groups in total. The summed E-state index contributed by atoms with van der Waals surface area (Å²) in [5, 5.41) is 0. The second-order valence-corrected chi connectivity index (χ2v) is 9.70. The highest BCUT2D eigenvalue weighted by Gasteiger charge is 2.62. The highest BCUT2D eigenvalue weighted by molar-refractivity contribution is 7.93. The molecule has 24 heavy (non-hydrogen) atoms. The third kappa shape index (κ3) is 2.68. The smallest absolute Gasteiger partial charge is 0.222 e. The molecular weight excluding hydrogens is 328 g/mol.